The molecule has 1 heterocycles. The first-order valence-electron chi connectivity index (χ1n) is 5.28. The molecule has 0 saturated carbocycles. The summed E-state index contributed by atoms with van der Waals surface area (Å²) >= 11 is 0. The first-order chi connectivity index (χ1) is 7.68. The zero-order chi connectivity index (χ0) is 11.5. The van der Waals surface area contributed by atoms with Crippen LogP contribution in [0.1, 0.15) is 0 Å². The molecule has 2 rings (SSSR count). The smallest absolute Gasteiger partial charge is 0.274 e. The fraction of sp³-hybridized carbons (Fsp3) is 0.333. The van der Waals surface area contributed by atoms with Crippen molar-refractivity contribution in [2.45, 2.75) is 6.54 Å². The molecule has 5 heteroatoms. The van der Waals surface area contributed by atoms with Crippen molar-refractivity contribution in [2.75, 3.05) is 20.6 Å². The maximum absolute atomic E-state index is 12.0. The quantitative estimate of drug-likeness (QED) is 0.830. The van der Waals surface area contributed by atoms with Crippen LogP contribution >= 0.6 is 12.4 Å². The number of benzene rings is 1. The third-order valence-electron chi connectivity index (χ3n) is 2.52. The van der Waals surface area contributed by atoms with Crippen molar-refractivity contribution >= 4 is 23.2 Å². The molecule has 1 aromatic heterocycles. The van der Waals surface area contributed by atoms with E-state index in [0.717, 1.165) is 17.3 Å². The highest BCUT2D eigenvalue weighted by Gasteiger charge is 2.02. The van der Waals surface area contributed by atoms with Crippen molar-refractivity contribution in [1.82, 2.24) is 14.7 Å². The van der Waals surface area contributed by atoms with Gasteiger partial charge in [0.05, 0.1) is 18.1 Å². The van der Waals surface area contributed by atoms with Crippen LogP contribution in [0, 0.1) is 0 Å². The summed E-state index contributed by atoms with van der Waals surface area (Å²) in [7, 11) is 3.96. The number of hydrogen-bond acceptors (Lipinski definition) is 3. The van der Waals surface area contributed by atoms with E-state index in [1.54, 1.807) is 6.20 Å². The lowest BCUT2D eigenvalue weighted by atomic mass is 10.2. The van der Waals surface area contributed by atoms with Gasteiger partial charge in [0.15, 0.2) is 0 Å². The predicted octanol–water partition coefficient (Wildman–Crippen LogP) is 1.38. The van der Waals surface area contributed by atoms with Crippen LogP contribution in [0.25, 0.3) is 10.8 Å². The van der Waals surface area contributed by atoms with E-state index in [1.807, 2.05) is 43.3 Å². The van der Waals surface area contributed by atoms with Crippen molar-refractivity contribution in [3.8, 4) is 0 Å². The van der Waals surface area contributed by atoms with E-state index in [1.165, 1.54) is 4.68 Å². The lowest BCUT2D eigenvalue weighted by Crippen LogP contribution is -2.28. The van der Waals surface area contributed by atoms with Crippen LogP contribution in [-0.4, -0.2) is 35.3 Å². The van der Waals surface area contributed by atoms with Gasteiger partial charge in [0.2, 0.25) is 0 Å². The second-order valence-electron chi connectivity index (χ2n) is 4.06. The minimum absolute atomic E-state index is 0. The van der Waals surface area contributed by atoms with Crippen LogP contribution in [0.2, 0.25) is 0 Å². The second-order valence-corrected chi connectivity index (χ2v) is 4.06. The predicted molar refractivity (Wildman–Crippen MR) is 71.8 cm³/mol. The Labute approximate surface area is 106 Å². The van der Waals surface area contributed by atoms with E-state index in [0.29, 0.717) is 6.54 Å². The van der Waals surface area contributed by atoms with Gasteiger partial charge in [-0.15, -0.1) is 12.4 Å². The molecule has 0 aliphatic carbocycles. The Morgan fingerprint density at radius 1 is 1.29 bits per heavy atom. The van der Waals surface area contributed by atoms with Gasteiger partial charge in [-0.05, 0) is 20.2 Å². The molecule has 0 aliphatic rings. The van der Waals surface area contributed by atoms with Gasteiger partial charge in [-0.25, -0.2) is 4.68 Å². The Balaban J connectivity index is 0.00000144. The van der Waals surface area contributed by atoms with Gasteiger partial charge in [-0.2, -0.15) is 5.10 Å². The Morgan fingerprint density at radius 3 is 2.71 bits per heavy atom. The molecule has 0 unspecified atom stereocenters. The summed E-state index contributed by atoms with van der Waals surface area (Å²) in [5.41, 5.74) is -0.0139. The van der Waals surface area contributed by atoms with Crippen molar-refractivity contribution in [2.24, 2.45) is 0 Å². The van der Waals surface area contributed by atoms with Crippen LogP contribution in [0.5, 0.6) is 0 Å². The lowest BCUT2D eigenvalue weighted by Gasteiger charge is -2.10. The number of fused-ring (bicyclic) bond motifs is 1. The number of halogens is 1. The van der Waals surface area contributed by atoms with E-state index < -0.39 is 0 Å². The van der Waals surface area contributed by atoms with Crippen molar-refractivity contribution < 1.29 is 0 Å². The van der Waals surface area contributed by atoms with Gasteiger partial charge >= 0.3 is 0 Å². The summed E-state index contributed by atoms with van der Waals surface area (Å²) < 4.78 is 1.52. The minimum atomic E-state index is -0.0139. The summed E-state index contributed by atoms with van der Waals surface area (Å²) in [5.74, 6) is 0. The van der Waals surface area contributed by atoms with Crippen LogP contribution in [-0.2, 0) is 6.54 Å². The topological polar surface area (TPSA) is 38.1 Å². The maximum Gasteiger partial charge on any atom is 0.274 e. The summed E-state index contributed by atoms with van der Waals surface area (Å²) in [6.07, 6.45) is 1.74. The molecule has 0 aliphatic heterocycles. The monoisotopic (exact) mass is 253 g/mol. The van der Waals surface area contributed by atoms with E-state index in [-0.39, 0.29) is 18.0 Å². The summed E-state index contributed by atoms with van der Waals surface area (Å²) in [5, 5.41) is 5.79. The average molecular weight is 254 g/mol. The molecule has 0 saturated heterocycles. The molecule has 0 atom stereocenters. The highest BCUT2D eigenvalue weighted by Crippen LogP contribution is 2.06. The fourth-order valence-electron chi connectivity index (χ4n) is 1.58. The van der Waals surface area contributed by atoms with Gasteiger partial charge in [-0.1, -0.05) is 18.2 Å². The van der Waals surface area contributed by atoms with E-state index in [9.17, 15) is 4.79 Å². The molecule has 1 aromatic carbocycles. The molecule has 0 bridgehead atoms. The standard InChI is InChI=1S/C12H15N3O.ClH/c1-14(2)7-8-15-12(16)11-6-4-3-5-10(11)9-13-15;/h3-6,9H,7-8H2,1-2H3;1H. The number of rotatable bonds is 3. The van der Waals surface area contributed by atoms with Gasteiger partial charge in [0, 0.05) is 11.9 Å². The lowest BCUT2D eigenvalue weighted by molar-refractivity contribution is 0.368. The van der Waals surface area contributed by atoms with Crippen molar-refractivity contribution in [3.63, 3.8) is 0 Å². The SMILES string of the molecule is CN(C)CCn1ncc2ccccc2c1=O.Cl. The maximum atomic E-state index is 12.0. The number of nitrogens with zero attached hydrogens (tertiary/aromatic N) is 3. The van der Waals surface area contributed by atoms with Crippen molar-refractivity contribution in [1.29, 1.82) is 0 Å². The first kappa shape index (κ1) is 13.7. The third-order valence-corrected chi connectivity index (χ3v) is 2.52. The number of hydrogen-bond donors (Lipinski definition) is 0. The molecule has 0 spiro atoms. The normalized spacial score (nSPS) is 10.5. The third kappa shape index (κ3) is 3.05. The Kier molecular flexibility index (Phi) is 4.66. The molecule has 2 aromatic rings. The van der Waals surface area contributed by atoms with Crippen molar-refractivity contribution in [3.05, 3.63) is 40.8 Å². The summed E-state index contributed by atoms with van der Waals surface area (Å²) in [6.45, 7) is 1.43. The van der Waals surface area contributed by atoms with Gasteiger partial charge < -0.3 is 4.90 Å². The molecule has 0 amide bonds. The Morgan fingerprint density at radius 2 is 2.00 bits per heavy atom. The van der Waals surface area contributed by atoms with Gasteiger partial charge in [-0.3, -0.25) is 4.79 Å². The number of aromatic nitrogens is 2. The molecular weight excluding hydrogens is 238 g/mol. The minimum Gasteiger partial charge on any atom is -0.308 e. The van der Waals surface area contributed by atoms with Gasteiger partial charge in [0.25, 0.3) is 5.56 Å². The molecule has 92 valence electrons. The fourth-order valence-corrected chi connectivity index (χ4v) is 1.58. The molecule has 17 heavy (non-hydrogen) atoms. The second kappa shape index (κ2) is 5.80. The summed E-state index contributed by atoms with van der Waals surface area (Å²) in [4.78, 5) is 14.1. The van der Waals surface area contributed by atoms with E-state index >= 15 is 0 Å². The molecule has 4 nitrogen and oxygen atoms in total. The molecular formula is C12H16ClN3O. The average Bonchev–Trinajstić information content (AvgIpc) is 2.28. The Bertz CT molecular complexity index is 551. The number of likely N-dealkylation sites (N-methyl/N-ethyl adjacent to an activating group) is 1. The van der Waals surface area contributed by atoms with Crippen LogP contribution in [0.3, 0.4) is 0 Å². The van der Waals surface area contributed by atoms with Gasteiger partial charge in [0.1, 0.15) is 0 Å². The first-order valence-corrected chi connectivity index (χ1v) is 5.28. The van der Waals surface area contributed by atoms with E-state index in [4.69, 9.17) is 0 Å². The zero-order valence-electron chi connectivity index (χ0n) is 9.96. The molecule has 0 N–H and O–H groups in total. The van der Waals surface area contributed by atoms with Crippen LogP contribution in [0.4, 0.5) is 0 Å². The highest BCUT2D eigenvalue weighted by atomic mass is 35.5. The zero-order valence-corrected chi connectivity index (χ0v) is 10.8. The molecule has 0 fully saturated rings. The highest BCUT2D eigenvalue weighted by molar-refractivity contribution is 5.85. The summed E-state index contributed by atoms with van der Waals surface area (Å²) in [6, 6.07) is 7.53. The largest absolute Gasteiger partial charge is 0.308 e. The van der Waals surface area contributed by atoms with Crippen LogP contribution in [0.15, 0.2) is 35.3 Å². The van der Waals surface area contributed by atoms with Crippen LogP contribution < -0.4 is 5.56 Å². The molecule has 0 radical (unpaired) electrons. The Hall–Kier alpha value is -1.39. The van der Waals surface area contributed by atoms with E-state index in [2.05, 4.69) is 5.10 Å².